The second-order valence-corrected chi connectivity index (χ2v) is 4.05. The Kier molecular flexibility index (Phi) is 5.74. The van der Waals surface area contributed by atoms with Gasteiger partial charge in [0, 0.05) is 29.8 Å². The highest BCUT2D eigenvalue weighted by Crippen LogP contribution is 2.18. The lowest BCUT2D eigenvalue weighted by Gasteiger charge is -2.14. The van der Waals surface area contributed by atoms with Gasteiger partial charge in [0.25, 0.3) is 0 Å². The van der Waals surface area contributed by atoms with Crippen LogP contribution in [0.1, 0.15) is 19.4 Å². The van der Waals surface area contributed by atoms with Crippen LogP contribution in [0.25, 0.3) is 0 Å². The van der Waals surface area contributed by atoms with E-state index in [-0.39, 0.29) is 11.9 Å². The fraction of sp³-hybridized carbons (Fsp3) is 0.500. The van der Waals surface area contributed by atoms with E-state index in [4.69, 9.17) is 16.3 Å². The topological polar surface area (TPSA) is 21.3 Å². The van der Waals surface area contributed by atoms with Gasteiger partial charge in [0.1, 0.15) is 5.82 Å². The average Bonchev–Trinajstić information content (AvgIpc) is 2.25. The molecule has 4 heteroatoms. The summed E-state index contributed by atoms with van der Waals surface area (Å²) in [4.78, 5) is 0. The van der Waals surface area contributed by atoms with Crippen molar-refractivity contribution in [3.8, 4) is 0 Å². The molecule has 0 heterocycles. The van der Waals surface area contributed by atoms with Crippen LogP contribution in [0.15, 0.2) is 18.2 Å². The van der Waals surface area contributed by atoms with Crippen molar-refractivity contribution in [1.82, 2.24) is 5.32 Å². The Labute approximate surface area is 101 Å². The summed E-state index contributed by atoms with van der Waals surface area (Å²) in [7, 11) is 0. The van der Waals surface area contributed by atoms with Crippen molar-refractivity contribution in [3.63, 3.8) is 0 Å². The van der Waals surface area contributed by atoms with Crippen LogP contribution in [-0.2, 0) is 11.3 Å². The highest BCUT2D eigenvalue weighted by Gasteiger charge is 2.08. The monoisotopic (exact) mass is 245 g/mol. The molecule has 0 saturated carbocycles. The molecule has 1 rings (SSSR count). The third kappa shape index (κ3) is 4.08. The van der Waals surface area contributed by atoms with E-state index in [9.17, 15) is 4.39 Å². The van der Waals surface area contributed by atoms with Crippen LogP contribution >= 0.6 is 11.6 Å². The molecule has 1 aromatic carbocycles. The molecule has 0 radical (unpaired) electrons. The molecule has 2 nitrogen and oxygen atoms in total. The summed E-state index contributed by atoms with van der Waals surface area (Å²) in [6.07, 6.45) is 0. The van der Waals surface area contributed by atoms with Crippen LogP contribution < -0.4 is 5.32 Å². The van der Waals surface area contributed by atoms with Gasteiger partial charge in [0.05, 0.1) is 6.61 Å². The van der Waals surface area contributed by atoms with Gasteiger partial charge in [-0.15, -0.1) is 0 Å². The standard InChI is InChI=1S/C12H17ClFNO/c1-3-16-8-9(2)15-7-10-11(13)5-4-6-12(10)14/h4-6,9,15H,3,7-8H2,1-2H3. The highest BCUT2D eigenvalue weighted by molar-refractivity contribution is 6.31. The maximum Gasteiger partial charge on any atom is 0.129 e. The van der Waals surface area contributed by atoms with Gasteiger partial charge in [-0.05, 0) is 26.0 Å². The molecule has 0 bridgehead atoms. The zero-order valence-corrected chi connectivity index (χ0v) is 10.4. The van der Waals surface area contributed by atoms with Gasteiger partial charge in [-0.1, -0.05) is 17.7 Å². The smallest absolute Gasteiger partial charge is 0.129 e. The number of hydrogen-bond acceptors (Lipinski definition) is 2. The Balaban J connectivity index is 2.48. The molecular weight excluding hydrogens is 229 g/mol. The average molecular weight is 246 g/mol. The molecule has 90 valence electrons. The lowest BCUT2D eigenvalue weighted by molar-refractivity contribution is 0.127. The minimum atomic E-state index is -0.274. The molecular formula is C12H17ClFNO. The van der Waals surface area contributed by atoms with Crippen LogP contribution in [0.5, 0.6) is 0 Å². The lowest BCUT2D eigenvalue weighted by atomic mass is 10.2. The van der Waals surface area contributed by atoms with Gasteiger partial charge in [-0.3, -0.25) is 0 Å². The van der Waals surface area contributed by atoms with Crippen LogP contribution in [0.4, 0.5) is 4.39 Å². The minimum absolute atomic E-state index is 0.177. The van der Waals surface area contributed by atoms with E-state index in [0.29, 0.717) is 30.3 Å². The van der Waals surface area contributed by atoms with Gasteiger partial charge >= 0.3 is 0 Å². The van der Waals surface area contributed by atoms with Gasteiger partial charge < -0.3 is 10.1 Å². The number of nitrogens with one attached hydrogen (secondary N) is 1. The molecule has 0 amide bonds. The molecule has 0 aliphatic heterocycles. The minimum Gasteiger partial charge on any atom is -0.380 e. The van der Waals surface area contributed by atoms with E-state index in [0.717, 1.165) is 0 Å². The number of hydrogen-bond donors (Lipinski definition) is 1. The molecule has 1 N–H and O–H groups in total. The quantitative estimate of drug-likeness (QED) is 0.832. The molecule has 0 aliphatic rings. The van der Waals surface area contributed by atoms with E-state index in [1.807, 2.05) is 13.8 Å². The van der Waals surface area contributed by atoms with E-state index in [1.54, 1.807) is 12.1 Å². The Bertz CT molecular complexity index is 313. The Morgan fingerprint density at radius 2 is 2.25 bits per heavy atom. The zero-order chi connectivity index (χ0) is 12.0. The Morgan fingerprint density at radius 1 is 1.50 bits per heavy atom. The van der Waals surface area contributed by atoms with Crippen LogP contribution in [0, 0.1) is 5.82 Å². The number of rotatable bonds is 6. The SMILES string of the molecule is CCOCC(C)NCc1c(F)cccc1Cl. The first kappa shape index (κ1) is 13.4. The second kappa shape index (κ2) is 6.84. The van der Waals surface area contributed by atoms with Crippen molar-refractivity contribution in [2.75, 3.05) is 13.2 Å². The third-order valence-corrected chi connectivity index (χ3v) is 2.62. The van der Waals surface area contributed by atoms with Crippen molar-refractivity contribution in [2.24, 2.45) is 0 Å². The van der Waals surface area contributed by atoms with Crippen LogP contribution in [-0.4, -0.2) is 19.3 Å². The van der Waals surface area contributed by atoms with Gasteiger partial charge in [-0.2, -0.15) is 0 Å². The van der Waals surface area contributed by atoms with Crippen molar-refractivity contribution >= 4 is 11.6 Å². The highest BCUT2D eigenvalue weighted by atomic mass is 35.5. The first-order valence-electron chi connectivity index (χ1n) is 5.39. The van der Waals surface area contributed by atoms with E-state index >= 15 is 0 Å². The summed E-state index contributed by atoms with van der Waals surface area (Å²) in [5.74, 6) is -0.274. The van der Waals surface area contributed by atoms with Gasteiger partial charge in [0.15, 0.2) is 0 Å². The van der Waals surface area contributed by atoms with E-state index in [1.165, 1.54) is 6.07 Å². The molecule has 16 heavy (non-hydrogen) atoms. The molecule has 0 saturated heterocycles. The summed E-state index contributed by atoms with van der Waals surface area (Å²) in [5, 5.41) is 3.62. The summed E-state index contributed by atoms with van der Waals surface area (Å²) in [6.45, 7) is 5.65. The van der Waals surface area contributed by atoms with Crippen molar-refractivity contribution in [2.45, 2.75) is 26.4 Å². The summed E-state index contributed by atoms with van der Waals surface area (Å²) >= 11 is 5.91. The molecule has 0 spiro atoms. The normalized spacial score (nSPS) is 12.8. The summed E-state index contributed by atoms with van der Waals surface area (Å²) in [6, 6.07) is 4.88. The van der Waals surface area contributed by atoms with Crippen molar-refractivity contribution in [1.29, 1.82) is 0 Å². The second-order valence-electron chi connectivity index (χ2n) is 3.64. The largest absolute Gasteiger partial charge is 0.380 e. The fourth-order valence-corrected chi connectivity index (χ4v) is 1.56. The first-order valence-corrected chi connectivity index (χ1v) is 5.77. The maximum absolute atomic E-state index is 13.4. The van der Waals surface area contributed by atoms with Crippen LogP contribution in [0.2, 0.25) is 5.02 Å². The summed E-state index contributed by atoms with van der Waals surface area (Å²) in [5.41, 5.74) is 0.507. The third-order valence-electron chi connectivity index (χ3n) is 2.26. The molecule has 0 aromatic heterocycles. The van der Waals surface area contributed by atoms with E-state index < -0.39 is 0 Å². The zero-order valence-electron chi connectivity index (χ0n) is 9.59. The molecule has 0 fully saturated rings. The molecule has 1 atom stereocenters. The maximum atomic E-state index is 13.4. The predicted molar refractivity (Wildman–Crippen MR) is 64.2 cm³/mol. The number of ether oxygens (including phenoxy) is 1. The van der Waals surface area contributed by atoms with Gasteiger partial charge in [0.2, 0.25) is 0 Å². The summed E-state index contributed by atoms with van der Waals surface area (Å²) < 4.78 is 18.7. The predicted octanol–water partition coefficient (Wildman–Crippen LogP) is 2.99. The number of benzene rings is 1. The van der Waals surface area contributed by atoms with Crippen LogP contribution in [0.3, 0.4) is 0 Å². The van der Waals surface area contributed by atoms with Gasteiger partial charge in [-0.25, -0.2) is 4.39 Å². The Morgan fingerprint density at radius 3 is 2.88 bits per heavy atom. The number of halogens is 2. The first-order chi connectivity index (χ1) is 7.65. The fourth-order valence-electron chi connectivity index (χ4n) is 1.33. The molecule has 1 aromatic rings. The molecule has 0 aliphatic carbocycles. The van der Waals surface area contributed by atoms with E-state index in [2.05, 4.69) is 5.32 Å². The van der Waals surface area contributed by atoms with Crippen molar-refractivity contribution in [3.05, 3.63) is 34.6 Å². The lowest BCUT2D eigenvalue weighted by Crippen LogP contribution is -2.30. The van der Waals surface area contributed by atoms with Crippen molar-refractivity contribution < 1.29 is 9.13 Å². The molecule has 1 unspecified atom stereocenters. The Hall–Kier alpha value is -0.640.